The highest BCUT2D eigenvalue weighted by molar-refractivity contribution is 9.10. The van der Waals surface area contributed by atoms with Gasteiger partial charge in [-0.3, -0.25) is 0 Å². The highest BCUT2D eigenvalue weighted by Gasteiger charge is 2.10. The Morgan fingerprint density at radius 3 is 2.87 bits per heavy atom. The van der Waals surface area contributed by atoms with E-state index in [0.29, 0.717) is 5.56 Å². The average Bonchev–Trinajstić information content (AvgIpc) is 2.70. The molecule has 3 nitrogen and oxygen atoms in total. The summed E-state index contributed by atoms with van der Waals surface area (Å²) in [4.78, 5) is 0. The number of aromatic nitrogens is 2. The zero-order chi connectivity index (χ0) is 10.8. The van der Waals surface area contributed by atoms with Gasteiger partial charge in [-0.05, 0) is 24.5 Å². The van der Waals surface area contributed by atoms with E-state index in [0.717, 1.165) is 13.8 Å². The Kier molecular flexibility index (Phi) is 3.28. The van der Waals surface area contributed by atoms with E-state index in [9.17, 15) is 5.11 Å². The molecule has 0 saturated carbocycles. The van der Waals surface area contributed by atoms with Gasteiger partial charge in [-0.2, -0.15) is 0 Å². The number of nitrogens with zero attached hydrogens (tertiary/aromatic N) is 2. The molecule has 0 atom stereocenters. The van der Waals surface area contributed by atoms with Crippen molar-refractivity contribution in [3.8, 4) is 16.3 Å². The highest BCUT2D eigenvalue weighted by Crippen LogP contribution is 2.35. The molecule has 1 N–H and O–H groups in total. The van der Waals surface area contributed by atoms with Gasteiger partial charge in [0.05, 0.1) is 5.56 Å². The average molecular weight is 303 g/mol. The molecule has 1 aromatic carbocycles. The number of halogens is 1. The lowest BCUT2D eigenvalue weighted by atomic mass is 10.2. The molecule has 0 spiro atoms. The molecule has 0 bridgehead atoms. The van der Waals surface area contributed by atoms with Crippen LogP contribution in [0.3, 0.4) is 0 Å². The van der Waals surface area contributed by atoms with Crippen molar-refractivity contribution in [2.24, 2.45) is 0 Å². The molecular formula is C9H7BrN2OS2. The largest absolute Gasteiger partial charge is 0.507 e. The van der Waals surface area contributed by atoms with Gasteiger partial charge in [-0.25, -0.2) is 0 Å². The Hall–Kier alpha value is -0.590. The molecule has 2 aromatic rings. The maximum Gasteiger partial charge on any atom is 0.174 e. The summed E-state index contributed by atoms with van der Waals surface area (Å²) in [5, 5.41) is 18.4. The third kappa shape index (κ3) is 2.32. The lowest BCUT2D eigenvalue weighted by molar-refractivity contribution is 0.477. The fourth-order valence-corrected chi connectivity index (χ4v) is 2.74. The standard InChI is InChI=1S/C9H7BrN2OS2/c1-14-9-12-11-8(15-9)6-4-5(10)2-3-7(6)13/h2-4,13H,1H3. The fraction of sp³-hybridized carbons (Fsp3) is 0.111. The quantitative estimate of drug-likeness (QED) is 0.864. The Morgan fingerprint density at radius 1 is 1.40 bits per heavy atom. The van der Waals surface area contributed by atoms with Gasteiger partial charge < -0.3 is 5.11 Å². The predicted molar refractivity (Wildman–Crippen MR) is 66.5 cm³/mol. The van der Waals surface area contributed by atoms with E-state index in [4.69, 9.17) is 0 Å². The van der Waals surface area contributed by atoms with Crippen LogP contribution in [0.15, 0.2) is 27.0 Å². The van der Waals surface area contributed by atoms with E-state index in [1.807, 2.05) is 12.3 Å². The zero-order valence-electron chi connectivity index (χ0n) is 7.77. The first-order valence-corrected chi connectivity index (χ1v) is 6.90. The number of hydrogen-bond donors (Lipinski definition) is 1. The van der Waals surface area contributed by atoms with Crippen LogP contribution in [-0.4, -0.2) is 21.6 Å². The van der Waals surface area contributed by atoms with Gasteiger partial charge in [0.25, 0.3) is 0 Å². The van der Waals surface area contributed by atoms with Crippen molar-refractivity contribution in [1.29, 1.82) is 0 Å². The summed E-state index contributed by atoms with van der Waals surface area (Å²) >= 11 is 6.37. The van der Waals surface area contributed by atoms with Crippen molar-refractivity contribution in [1.82, 2.24) is 10.2 Å². The number of benzene rings is 1. The van der Waals surface area contributed by atoms with Crippen molar-refractivity contribution < 1.29 is 5.11 Å². The molecule has 0 fully saturated rings. The Labute approximate surface area is 104 Å². The van der Waals surface area contributed by atoms with Gasteiger partial charge in [0.1, 0.15) is 5.75 Å². The minimum atomic E-state index is 0.224. The SMILES string of the molecule is CSc1nnc(-c2cc(Br)ccc2O)s1. The maximum atomic E-state index is 9.68. The van der Waals surface area contributed by atoms with E-state index in [-0.39, 0.29) is 5.75 Å². The number of rotatable bonds is 2. The van der Waals surface area contributed by atoms with Crippen molar-refractivity contribution in [2.75, 3.05) is 6.26 Å². The van der Waals surface area contributed by atoms with Gasteiger partial charge in [-0.1, -0.05) is 39.0 Å². The lowest BCUT2D eigenvalue weighted by Crippen LogP contribution is -1.78. The molecule has 15 heavy (non-hydrogen) atoms. The number of thioether (sulfide) groups is 1. The number of phenols is 1. The van der Waals surface area contributed by atoms with Crippen molar-refractivity contribution in [3.05, 3.63) is 22.7 Å². The molecule has 0 radical (unpaired) electrons. The second-order valence-corrected chi connectivity index (χ2v) is 5.69. The minimum absolute atomic E-state index is 0.224. The molecule has 0 aliphatic carbocycles. The Balaban J connectivity index is 2.48. The summed E-state index contributed by atoms with van der Waals surface area (Å²) in [5.41, 5.74) is 0.710. The second-order valence-electron chi connectivity index (χ2n) is 2.74. The van der Waals surface area contributed by atoms with E-state index >= 15 is 0 Å². The second kappa shape index (κ2) is 4.51. The van der Waals surface area contributed by atoms with Gasteiger partial charge in [0.15, 0.2) is 9.35 Å². The molecule has 0 unspecified atom stereocenters. The molecule has 0 aliphatic heterocycles. The molecule has 6 heteroatoms. The van der Waals surface area contributed by atoms with E-state index < -0.39 is 0 Å². The fourth-order valence-electron chi connectivity index (χ4n) is 1.08. The molecule has 78 valence electrons. The van der Waals surface area contributed by atoms with Gasteiger partial charge in [-0.15, -0.1) is 10.2 Å². The van der Waals surface area contributed by atoms with Crippen LogP contribution < -0.4 is 0 Å². The first-order valence-electron chi connectivity index (χ1n) is 4.07. The summed E-state index contributed by atoms with van der Waals surface area (Å²) in [5.74, 6) is 0.224. The zero-order valence-corrected chi connectivity index (χ0v) is 11.0. The van der Waals surface area contributed by atoms with Gasteiger partial charge >= 0.3 is 0 Å². The first-order chi connectivity index (χ1) is 7.20. The van der Waals surface area contributed by atoms with Crippen LogP contribution in [0.25, 0.3) is 10.6 Å². The number of aromatic hydroxyl groups is 1. The van der Waals surface area contributed by atoms with Crippen LogP contribution in [0.2, 0.25) is 0 Å². The maximum absolute atomic E-state index is 9.68. The molecule has 0 amide bonds. The van der Waals surface area contributed by atoms with Crippen LogP contribution in [0.4, 0.5) is 0 Å². The third-order valence-electron chi connectivity index (χ3n) is 1.77. The molecule has 0 aliphatic rings. The number of phenolic OH excluding ortho intramolecular Hbond substituents is 1. The number of hydrogen-bond acceptors (Lipinski definition) is 5. The third-order valence-corrected chi connectivity index (χ3v) is 4.20. The van der Waals surface area contributed by atoms with Gasteiger partial charge in [0.2, 0.25) is 0 Å². The van der Waals surface area contributed by atoms with Crippen molar-refractivity contribution in [2.45, 2.75) is 4.34 Å². The molecular weight excluding hydrogens is 296 g/mol. The summed E-state index contributed by atoms with van der Waals surface area (Å²) in [7, 11) is 0. The summed E-state index contributed by atoms with van der Waals surface area (Å²) < 4.78 is 1.81. The van der Waals surface area contributed by atoms with E-state index in [1.54, 1.807) is 23.9 Å². The minimum Gasteiger partial charge on any atom is -0.507 e. The van der Waals surface area contributed by atoms with Crippen molar-refractivity contribution >= 4 is 39.0 Å². The lowest BCUT2D eigenvalue weighted by Gasteiger charge is -1.99. The predicted octanol–water partition coefficient (Wildman–Crippen LogP) is 3.40. The smallest absolute Gasteiger partial charge is 0.174 e. The van der Waals surface area contributed by atoms with E-state index in [2.05, 4.69) is 26.1 Å². The molecule has 2 rings (SSSR count). The molecule has 0 saturated heterocycles. The van der Waals surface area contributed by atoms with Crippen molar-refractivity contribution in [3.63, 3.8) is 0 Å². The normalized spacial score (nSPS) is 10.5. The van der Waals surface area contributed by atoms with Crippen LogP contribution in [0.1, 0.15) is 0 Å². The first kappa shape index (κ1) is 10.9. The molecule has 1 aromatic heterocycles. The van der Waals surface area contributed by atoms with Crippen LogP contribution in [-0.2, 0) is 0 Å². The van der Waals surface area contributed by atoms with Gasteiger partial charge in [0, 0.05) is 4.47 Å². The topological polar surface area (TPSA) is 46.0 Å². The molecule has 1 heterocycles. The monoisotopic (exact) mass is 302 g/mol. The van der Waals surface area contributed by atoms with Crippen LogP contribution >= 0.6 is 39.0 Å². The summed E-state index contributed by atoms with van der Waals surface area (Å²) in [6.07, 6.45) is 1.95. The summed E-state index contributed by atoms with van der Waals surface area (Å²) in [6, 6.07) is 5.26. The Bertz CT molecular complexity index is 487. The summed E-state index contributed by atoms with van der Waals surface area (Å²) in [6.45, 7) is 0. The highest BCUT2D eigenvalue weighted by atomic mass is 79.9. The van der Waals surface area contributed by atoms with E-state index in [1.165, 1.54) is 11.3 Å². The Morgan fingerprint density at radius 2 is 2.20 bits per heavy atom. The van der Waals surface area contributed by atoms with Crippen LogP contribution in [0.5, 0.6) is 5.75 Å². The van der Waals surface area contributed by atoms with Crippen LogP contribution in [0, 0.1) is 0 Å².